The topological polar surface area (TPSA) is 20.2 Å². The highest BCUT2D eigenvalue weighted by Crippen LogP contribution is 2.30. The maximum Gasteiger partial charge on any atom is 0.0434 e. The first-order valence-electron chi connectivity index (χ1n) is 4.09. The summed E-state index contributed by atoms with van der Waals surface area (Å²) >= 11 is 6.05. The molecule has 0 radical (unpaired) electrons. The van der Waals surface area contributed by atoms with E-state index in [9.17, 15) is 0 Å². The van der Waals surface area contributed by atoms with Crippen molar-refractivity contribution in [2.24, 2.45) is 5.92 Å². The summed E-state index contributed by atoms with van der Waals surface area (Å²) in [6.45, 7) is 0.299. The lowest BCUT2D eigenvalue weighted by molar-refractivity contribution is 0.232. The van der Waals surface area contributed by atoms with Crippen LogP contribution in [0.15, 0.2) is 0 Å². The second kappa shape index (κ2) is 4.20. The van der Waals surface area contributed by atoms with Gasteiger partial charge in [0.05, 0.1) is 0 Å². The highest BCUT2D eigenvalue weighted by Gasteiger charge is 2.21. The van der Waals surface area contributed by atoms with Gasteiger partial charge in [-0.25, -0.2) is 0 Å². The molecule has 2 unspecified atom stereocenters. The molecule has 1 aliphatic carbocycles. The number of rotatable bonds is 2. The van der Waals surface area contributed by atoms with Gasteiger partial charge >= 0.3 is 0 Å². The summed E-state index contributed by atoms with van der Waals surface area (Å²) in [5, 5.41) is 9.01. The molecule has 0 aliphatic heterocycles. The second-order valence-corrected chi connectivity index (χ2v) is 3.63. The highest BCUT2D eigenvalue weighted by atomic mass is 35.5. The van der Waals surface area contributed by atoms with Crippen LogP contribution in [-0.2, 0) is 0 Å². The Morgan fingerprint density at radius 2 is 2.00 bits per heavy atom. The van der Waals surface area contributed by atoms with E-state index in [4.69, 9.17) is 16.7 Å². The molecule has 0 spiro atoms. The molecule has 1 rings (SSSR count). The van der Waals surface area contributed by atoms with E-state index in [0.29, 0.717) is 17.9 Å². The third-order valence-corrected chi connectivity index (χ3v) is 2.89. The van der Waals surface area contributed by atoms with E-state index in [2.05, 4.69) is 0 Å². The van der Waals surface area contributed by atoms with Crippen LogP contribution in [0.25, 0.3) is 0 Å². The van der Waals surface area contributed by atoms with Gasteiger partial charge < -0.3 is 5.11 Å². The molecule has 0 heterocycles. The summed E-state index contributed by atoms with van der Waals surface area (Å²) in [5.41, 5.74) is 0. The molecule has 1 fully saturated rings. The minimum Gasteiger partial charge on any atom is -0.396 e. The minimum atomic E-state index is 0.299. The minimum absolute atomic E-state index is 0.299. The molecule has 0 saturated heterocycles. The van der Waals surface area contributed by atoms with Gasteiger partial charge in [0.15, 0.2) is 0 Å². The van der Waals surface area contributed by atoms with Crippen molar-refractivity contribution in [2.45, 2.75) is 37.5 Å². The van der Waals surface area contributed by atoms with Crippen molar-refractivity contribution >= 4 is 11.6 Å². The molecule has 10 heavy (non-hydrogen) atoms. The summed E-state index contributed by atoms with van der Waals surface area (Å²) in [4.78, 5) is 0. The normalized spacial score (nSPS) is 34.2. The zero-order valence-electron chi connectivity index (χ0n) is 6.22. The highest BCUT2D eigenvalue weighted by molar-refractivity contribution is 6.20. The molecule has 1 N–H and O–H groups in total. The van der Waals surface area contributed by atoms with Crippen molar-refractivity contribution in [1.82, 2.24) is 0 Å². The fourth-order valence-corrected chi connectivity index (χ4v) is 2.06. The maximum absolute atomic E-state index is 8.68. The maximum atomic E-state index is 8.68. The average Bonchev–Trinajstić information content (AvgIpc) is 1.94. The Morgan fingerprint density at radius 1 is 1.30 bits per heavy atom. The van der Waals surface area contributed by atoms with Crippen molar-refractivity contribution in [3.63, 3.8) is 0 Å². The lowest BCUT2D eigenvalue weighted by atomic mass is 9.87. The smallest absolute Gasteiger partial charge is 0.0434 e. The molecule has 0 aromatic carbocycles. The summed E-state index contributed by atoms with van der Waals surface area (Å²) < 4.78 is 0. The van der Waals surface area contributed by atoms with Crippen LogP contribution in [0.3, 0.4) is 0 Å². The van der Waals surface area contributed by atoms with Crippen molar-refractivity contribution < 1.29 is 5.11 Å². The second-order valence-electron chi connectivity index (χ2n) is 3.07. The molecule has 1 aliphatic rings. The first kappa shape index (κ1) is 8.35. The molecule has 60 valence electrons. The molecule has 0 aromatic rings. The van der Waals surface area contributed by atoms with E-state index in [0.717, 1.165) is 12.8 Å². The van der Waals surface area contributed by atoms with Gasteiger partial charge in [-0.2, -0.15) is 0 Å². The first-order chi connectivity index (χ1) is 4.84. The third kappa shape index (κ3) is 2.14. The van der Waals surface area contributed by atoms with Crippen LogP contribution >= 0.6 is 11.6 Å². The molecule has 2 atom stereocenters. The van der Waals surface area contributed by atoms with E-state index >= 15 is 0 Å². The van der Waals surface area contributed by atoms with Gasteiger partial charge in [0.25, 0.3) is 0 Å². The Hall–Kier alpha value is 0.250. The van der Waals surface area contributed by atoms with Crippen LogP contribution in [0, 0.1) is 5.92 Å². The van der Waals surface area contributed by atoms with E-state index < -0.39 is 0 Å². The van der Waals surface area contributed by atoms with Crippen molar-refractivity contribution in [2.75, 3.05) is 6.61 Å². The van der Waals surface area contributed by atoms with Gasteiger partial charge in [-0.1, -0.05) is 12.8 Å². The van der Waals surface area contributed by atoms with Crippen LogP contribution in [0.4, 0.5) is 0 Å². The molecular weight excluding hydrogens is 148 g/mol. The van der Waals surface area contributed by atoms with Crippen LogP contribution in [0.5, 0.6) is 0 Å². The van der Waals surface area contributed by atoms with Gasteiger partial charge in [-0.15, -0.1) is 11.6 Å². The molecule has 1 nitrogen and oxygen atoms in total. The zero-order chi connectivity index (χ0) is 7.40. The van der Waals surface area contributed by atoms with E-state index in [1.807, 2.05) is 0 Å². The molecular formula is C8H15ClO. The fraction of sp³-hybridized carbons (Fsp3) is 1.00. The largest absolute Gasteiger partial charge is 0.396 e. The predicted molar refractivity (Wildman–Crippen MR) is 43.3 cm³/mol. The van der Waals surface area contributed by atoms with E-state index in [-0.39, 0.29) is 0 Å². The van der Waals surface area contributed by atoms with Crippen LogP contribution < -0.4 is 0 Å². The molecule has 0 aromatic heterocycles. The van der Waals surface area contributed by atoms with Gasteiger partial charge in [0, 0.05) is 12.0 Å². The van der Waals surface area contributed by atoms with Gasteiger partial charge in [0.1, 0.15) is 0 Å². The summed E-state index contributed by atoms with van der Waals surface area (Å²) in [5.74, 6) is 0.584. The molecule has 0 bridgehead atoms. The van der Waals surface area contributed by atoms with Crippen LogP contribution in [-0.4, -0.2) is 17.1 Å². The first-order valence-corrected chi connectivity index (χ1v) is 4.53. The Morgan fingerprint density at radius 3 is 2.60 bits per heavy atom. The van der Waals surface area contributed by atoms with Crippen molar-refractivity contribution in [3.8, 4) is 0 Å². The SMILES string of the molecule is OCCC1CCCCC1Cl. The van der Waals surface area contributed by atoms with Gasteiger partial charge in [0.2, 0.25) is 0 Å². The predicted octanol–water partition coefficient (Wildman–Crippen LogP) is 2.17. The number of hydrogen-bond acceptors (Lipinski definition) is 1. The lowest BCUT2D eigenvalue weighted by Gasteiger charge is -2.25. The Bertz CT molecular complexity index is 93.3. The van der Waals surface area contributed by atoms with Gasteiger partial charge in [-0.3, -0.25) is 0 Å². The molecule has 0 amide bonds. The summed E-state index contributed by atoms with van der Waals surface area (Å²) in [6.07, 6.45) is 5.83. The number of halogens is 1. The van der Waals surface area contributed by atoms with Crippen molar-refractivity contribution in [3.05, 3.63) is 0 Å². The molecule has 1 saturated carbocycles. The number of aliphatic hydroxyl groups is 1. The standard InChI is InChI=1S/C8H15ClO/c9-8-4-2-1-3-7(8)5-6-10/h7-8,10H,1-6H2. The Balaban J connectivity index is 2.25. The summed E-state index contributed by atoms with van der Waals surface area (Å²) in [7, 11) is 0. The number of aliphatic hydroxyl groups excluding tert-OH is 1. The van der Waals surface area contributed by atoms with Crippen LogP contribution in [0.2, 0.25) is 0 Å². The molecule has 2 heteroatoms. The lowest BCUT2D eigenvalue weighted by Crippen LogP contribution is -2.20. The quantitative estimate of drug-likeness (QED) is 0.618. The van der Waals surface area contributed by atoms with E-state index in [1.54, 1.807) is 0 Å². The Labute approximate surface area is 67.4 Å². The number of hydrogen-bond donors (Lipinski definition) is 1. The zero-order valence-corrected chi connectivity index (χ0v) is 6.98. The van der Waals surface area contributed by atoms with Crippen molar-refractivity contribution in [1.29, 1.82) is 0 Å². The van der Waals surface area contributed by atoms with Crippen LogP contribution in [0.1, 0.15) is 32.1 Å². The van der Waals surface area contributed by atoms with Gasteiger partial charge in [-0.05, 0) is 25.2 Å². The van der Waals surface area contributed by atoms with E-state index in [1.165, 1.54) is 19.3 Å². The monoisotopic (exact) mass is 162 g/mol. The Kier molecular flexibility index (Phi) is 3.50. The average molecular weight is 163 g/mol. The number of alkyl halides is 1. The fourth-order valence-electron chi connectivity index (χ4n) is 1.65. The summed E-state index contributed by atoms with van der Waals surface area (Å²) in [6, 6.07) is 0. The third-order valence-electron chi connectivity index (χ3n) is 2.32.